The first kappa shape index (κ1) is 15.4. The predicted octanol–water partition coefficient (Wildman–Crippen LogP) is 1.38. The molecule has 0 aromatic heterocycles. The highest BCUT2D eigenvalue weighted by Crippen LogP contribution is 2.37. The van der Waals surface area contributed by atoms with Gasteiger partial charge in [0.15, 0.2) is 0 Å². The smallest absolute Gasteiger partial charge is 0.234 e. The summed E-state index contributed by atoms with van der Waals surface area (Å²) >= 11 is 0. The van der Waals surface area contributed by atoms with Crippen molar-refractivity contribution >= 4 is 11.8 Å². The van der Waals surface area contributed by atoms with Crippen molar-refractivity contribution in [3.05, 3.63) is 0 Å². The molecule has 4 fully saturated rings. The second-order valence-corrected chi connectivity index (χ2v) is 8.11. The van der Waals surface area contributed by atoms with E-state index in [2.05, 4.69) is 15.1 Å². The van der Waals surface area contributed by atoms with E-state index in [4.69, 9.17) is 0 Å². The van der Waals surface area contributed by atoms with Gasteiger partial charge in [0.25, 0.3) is 0 Å². The highest BCUT2D eigenvalue weighted by atomic mass is 16.2. The van der Waals surface area contributed by atoms with Gasteiger partial charge < -0.3 is 10.2 Å². The molecule has 0 aromatic rings. The molecule has 3 saturated heterocycles. The Morgan fingerprint density at radius 2 is 1.91 bits per heavy atom. The van der Waals surface area contributed by atoms with E-state index >= 15 is 0 Å². The van der Waals surface area contributed by atoms with Crippen molar-refractivity contribution in [3.63, 3.8) is 0 Å². The van der Waals surface area contributed by atoms with Crippen LogP contribution in [0.2, 0.25) is 0 Å². The number of hydrogen-bond acceptors (Lipinski definition) is 3. The molecule has 2 bridgehead atoms. The second kappa shape index (κ2) is 6.42. The molecule has 5 heteroatoms. The summed E-state index contributed by atoms with van der Waals surface area (Å²) in [7, 11) is 0. The highest BCUT2D eigenvalue weighted by Gasteiger charge is 2.44. The molecule has 4 aliphatic rings. The molecule has 1 N–H and O–H groups in total. The SMILES string of the molecule is O=C(CN1CC2CC(C1)[C@H]1CCCC(=O)N1C2)NC1CCCC1. The van der Waals surface area contributed by atoms with Crippen LogP contribution in [-0.4, -0.2) is 59.9 Å². The van der Waals surface area contributed by atoms with E-state index in [1.54, 1.807) is 0 Å². The zero-order chi connectivity index (χ0) is 15.8. The van der Waals surface area contributed by atoms with Crippen molar-refractivity contribution in [2.45, 2.75) is 63.5 Å². The van der Waals surface area contributed by atoms with E-state index in [1.165, 1.54) is 19.3 Å². The van der Waals surface area contributed by atoms with Gasteiger partial charge in [-0.2, -0.15) is 0 Å². The van der Waals surface area contributed by atoms with Gasteiger partial charge in [0.2, 0.25) is 11.8 Å². The Balaban J connectivity index is 1.34. The summed E-state index contributed by atoms with van der Waals surface area (Å²) in [5, 5.41) is 3.21. The average Bonchev–Trinajstić information content (AvgIpc) is 3.01. The lowest BCUT2D eigenvalue weighted by Crippen LogP contribution is -2.61. The van der Waals surface area contributed by atoms with Gasteiger partial charge in [0.1, 0.15) is 0 Å². The Bertz CT molecular complexity index is 475. The third-order valence-corrected chi connectivity index (χ3v) is 6.34. The Kier molecular flexibility index (Phi) is 4.31. The maximum atomic E-state index is 12.3. The first-order chi connectivity index (χ1) is 11.2. The van der Waals surface area contributed by atoms with Crippen molar-refractivity contribution < 1.29 is 9.59 Å². The normalized spacial score (nSPS) is 35.2. The third-order valence-electron chi connectivity index (χ3n) is 6.34. The molecule has 2 amide bonds. The fraction of sp³-hybridized carbons (Fsp3) is 0.889. The minimum atomic E-state index is 0.202. The minimum absolute atomic E-state index is 0.202. The number of piperidine rings is 3. The monoisotopic (exact) mass is 319 g/mol. The first-order valence-electron chi connectivity index (χ1n) is 9.50. The summed E-state index contributed by atoms with van der Waals surface area (Å²) in [5.74, 6) is 1.70. The fourth-order valence-corrected chi connectivity index (χ4v) is 5.39. The van der Waals surface area contributed by atoms with Crippen LogP contribution in [0.1, 0.15) is 51.4 Å². The minimum Gasteiger partial charge on any atom is -0.352 e. The summed E-state index contributed by atoms with van der Waals surface area (Å²) in [4.78, 5) is 29.0. The van der Waals surface area contributed by atoms with Gasteiger partial charge >= 0.3 is 0 Å². The number of nitrogens with one attached hydrogen (secondary N) is 1. The van der Waals surface area contributed by atoms with Gasteiger partial charge in [-0.1, -0.05) is 12.8 Å². The summed E-state index contributed by atoms with van der Waals surface area (Å²) < 4.78 is 0. The zero-order valence-corrected chi connectivity index (χ0v) is 14.0. The Morgan fingerprint density at radius 3 is 2.74 bits per heavy atom. The lowest BCUT2D eigenvalue weighted by atomic mass is 9.76. The van der Waals surface area contributed by atoms with E-state index in [9.17, 15) is 9.59 Å². The van der Waals surface area contributed by atoms with Crippen molar-refractivity contribution in [2.24, 2.45) is 11.8 Å². The van der Waals surface area contributed by atoms with Crippen LogP contribution in [0.5, 0.6) is 0 Å². The molecule has 3 aliphatic heterocycles. The summed E-state index contributed by atoms with van der Waals surface area (Å²) in [6.45, 7) is 3.43. The van der Waals surface area contributed by atoms with Crippen molar-refractivity contribution in [2.75, 3.05) is 26.2 Å². The molecule has 0 spiro atoms. The van der Waals surface area contributed by atoms with Crippen LogP contribution in [-0.2, 0) is 9.59 Å². The van der Waals surface area contributed by atoms with Gasteiger partial charge in [0, 0.05) is 38.1 Å². The van der Waals surface area contributed by atoms with E-state index in [-0.39, 0.29) is 5.91 Å². The number of fused-ring (bicyclic) bond motifs is 4. The number of nitrogens with zero attached hydrogens (tertiary/aromatic N) is 2. The Hall–Kier alpha value is -1.10. The van der Waals surface area contributed by atoms with Gasteiger partial charge in [-0.25, -0.2) is 0 Å². The molecule has 23 heavy (non-hydrogen) atoms. The molecule has 3 heterocycles. The number of hydrogen-bond donors (Lipinski definition) is 1. The fourth-order valence-electron chi connectivity index (χ4n) is 5.39. The largest absolute Gasteiger partial charge is 0.352 e. The molecule has 0 aromatic carbocycles. The molecular formula is C18H29N3O2. The van der Waals surface area contributed by atoms with Gasteiger partial charge in [-0.3, -0.25) is 14.5 Å². The molecule has 1 saturated carbocycles. The maximum Gasteiger partial charge on any atom is 0.234 e. The van der Waals surface area contributed by atoms with Crippen LogP contribution in [0.3, 0.4) is 0 Å². The lowest BCUT2D eigenvalue weighted by molar-refractivity contribution is -0.145. The molecule has 2 unspecified atom stereocenters. The maximum absolute atomic E-state index is 12.3. The van der Waals surface area contributed by atoms with E-state index in [0.717, 1.165) is 51.7 Å². The standard InChI is InChI=1S/C18H29N3O2/c22-17(19-15-4-1-2-5-15)12-20-9-13-8-14(11-20)16-6-3-7-18(23)21(16)10-13/h13-16H,1-12H2,(H,19,22)/t13?,14?,16-/m1/s1. The molecular weight excluding hydrogens is 290 g/mol. The molecule has 4 rings (SSSR count). The summed E-state index contributed by atoms with van der Waals surface area (Å²) in [6, 6.07) is 0.853. The summed E-state index contributed by atoms with van der Waals surface area (Å²) in [6.07, 6.45) is 8.99. The second-order valence-electron chi connectivity index (χ2n) is 8.11. The van der Waals surface area contributed by atoms with Crippen molar-refractivity contribution in [3.8, 4) is 0 Å². The van der Waals surface area contributed by atoms with Crippen LogP contribution in [0.25, 0.3) is 0 Å². The van der Waals surface area contributed by atoms with E-state index < -0.39 is 0 Å². The molecule has 3 atom stereocenters. The van der Waals surface area contributed by atoms with E-state index in [0.29, 0.717) is 36.4 Å². The number of carbonyl (C=O) groups is 2. The zero-order valence-electron chi connectivity index (χ0n) is 14.0. The highest BCUT2D eigenvalue weighted by molar-refractivity contribution is 5.78. The Morgan fingerprint density at radius 1 is 1.09 bits per heavy atom. The van der Waals surface area contributed by atoms with Crippen LogP contribution >= 0.6 is 0 Å². The van der Waals surface area contributed by atoms with Crippen LogP contribution in [0.15, 0.2) is 0 Å². The number of rotatable bonds is 3. The molecule has 5 nitrogen and oxygen atoms in total. The topological polar surface area (TPSA) is 52.7 Å². The average molecular weight is 319 g/mol. The molecule has 0 radical (unpaired) electrons. The summed E-state index contributed by atoms with van der Waals surface area (Å²) in [5.41, 5.74) is 0. The van der Waals surface area contributed by atoms with Crippen LogP contribution < -0.4 is 5.32 Å². The number of carbonyl (C=O) groups excluding carboxylic acids is 2. The molecule has 1 aliphatic carbocycles. The van der Waals surface area contributed by atoms with Crippen molar-refractivity contribution in [1.29, 1.82) is 0 Å². The Labute approximate surface area is 138 Å². The van der Waals surface area contributed by atoms with Crippen LogP contribution in [0.4, 0.5) is 0 Å². The van der Waals surface area contributed by atoms with Gasteiger partial charge in [-0.15, -0.1) is 0 Å². The number of amides is 2. The quantitative estimate of drug-likeness (QED) is 0.855. The van der Waals surface area contributed by atoms with Gasteiger partial charge in [-0.05, 0) is 43.9 Å². The third kappa shape index (κ3) is 3.25. The lowest BCUT2D eigenvalue weighted by Gasteiger charge is -2.52. The number of likely N-dealkylation sites (tertiary alicyclic amines) is 1. The van der Waals surface area contributed by atoms with Crippen molar-refractivity contribution in [1.82, 2.24) is 15.1 Å². The van der Waals surface area contributed by atoms with E-state index in [1.807, 2.05) is 0 Å². The van der Waals surface area contributed by atoms with Gasteiger partial charge in [0.05, 0.1) is 6.54 Å². The first-order valence-corrected chi connectivity index (χ1v) is 9.50. The molecule has 128 valence electrons. The van der Waals surface area contributed by atoms with Crippen LogP contribution in [0, 0.1) is 11.8 Å². The predicted molar refractivity (Wildman–Crippen MR) is 87.8 cm³/mol.